The normalized spacial score (nSPS) is 27.8. The maximum atomic E-state index is 11.1. The Hall–Kier alpha value is -0.370. The molecule has 0 bridgehead atoms. The van der Waals surface area contributed by atoms with Gasteiger partial charge in [-0.3, -0.25) is 4.79 Å². The number of unbranched alkanes of at least 4 members (excludes halogenated alkanes) is 2. The summed E-state index contributed by atoms with van der Waals surface area (Å²) in [7, 11) is 0. The Morgan fingerprint density at radius 1 is 1.38 bits per heavy atom. The third kappa shape index (κ3) is 3.47. The smallest absolute Gasteiger partial charge is 0.146 e. The first-order chi connectivity index (χ1) is 6.24. The van der Waals surface area contributed by atoms with Crippen LogP contribution in [0.1, 0.15) is 52.4 Å². The van der Waals surface area contributed by atoms with Gasteiger partial charge in [-0.1, -0.05) is 26.2 Å². The molecule has 0 aliphatic carbocycles. The van der Waals surface area contributed by atoms with Crippen LogP contribution in [0.3, 0.4) is 0 Å². The van der Waals surface area contributed by atoms with E-state index in [2.05, 4.69) is 12.2 Å². The zero-order valence-electron chi connectivity index (χ0n) is 8.81. The molecular formula is C11H21NO. The fourth-order valence-electron chi connectivity index (χ4n) is 2.01. The minimum Gasteiger partial charge on any atom is -0.305 e. The molecule has 1 fully saturated rings. The average Bonchev–Trinajstić information content (AvgIpc) is 2.53. The first-order valence-electron chi connectivity index (χ1n) is 5.50. The molecule has 0 aromatic carbocycles. The van der Waals surface area contributed by atoms with Crippen molar-refractivity contribution in [3.05, 3.63) is 0 Å². The van der Waals surface area contributed by atoms with Gasteiger partial charge in [0.1, 0.15) is 5.78 Å². The Morgan fingerprint density at radius 2 is 2.15 bits per heavy atom. The van der Waals surface area contributed by atoms with E-state index in [1.165, 1.54) is 32.1 Å². The van der Waals surface area contributed by atoms with E-state index < -0.39 is 0 Å². The molecule has 0 spiro atoms. The van der Waals surface area contributed by atoms with Crippen LogP contribution in [0.2, 0.25) is 0 Å². The highest BCUT2D eigenvalue weighted by Gasteiger charge is 2.25. The summed E-state index contributed by atoms with van der Waals surface area (Å²) < 4.78 is 0. The lowest BCUT2D eigenvalue weighted by Gasteiger charge is -2.11. The number of rotatable bonds is 5. The van der Waals surface area contributed by atoms with Crippen LogP contribution in [0.4, 0.5) is 0 Å². The molecule has 1 rings (SSSR count). The van der Waals surface area contributed by atoms with Gasteiger partial charge in [0.05, 0.1) is 6.04 Å². The highest BCUT2D eigenvalue weighted by Crippen LogP contribution is 2.17. The number of ketones is 1. The largest absolute Gasteiger partial charge is 0.305 e. The number of hydrogen-bond acceptors (Lipinski definition) is 2. The van der Waals surface area contributed by atoms with Crippen molar-refractivity contribution in [2.45, 2.75) is 64.5 Å². The quantitative estimate of drug-likeness (QED) is 0.662. The molecule has 2 nitrogen and oxygen atoms in total. The molecule has 1 aliphatic rings. The van der Waals surface area contributed by atoms with Crippen LogP contribution < -0.4 is 5.32 Å². The van der Waals surface area contributed by atoms with E-state index in [0.717, 1.165) is 6.42 Å². The topological polar surface area (TPSA) is 29.1 Å². The number of carbonyl (C=O) groups is 1. The highest BCUT2D eigenvalue weighted by atomic mass is 16.1. The Bertz CT molecular complexity index is 167. The van der Waals surface area contributed by atoms with Crippen molar-refractivity contribution >= 4 is 5.78 Å². The van der Waals surface area contributed by atoms with E-state index >= 15 is 0 Å². The number of carbonyl (C=O) groups excluding carboxylic acids is 1. The van der Waals surface area contributed by atoms with Crippen molar-refractivity contribution in [1.29, 1.82) is 0 Å². The predicted octanol–water partition coefficient (Wildman–Crippen LogP) is 2.28. The van der Waals surface area contributed by atoms with Gasteiger partial charge < -0.3 is 5.32 Å². The molecule has 1 saturated heterocycles. The molecule has 1 heterocycles. The Balaban J connectivity index is 2.14. The summed E-state index contributed by atoms with van der Waals surface area (Å²) in [5, 5.41) is 3.40. The molecule has 76 valence electrons. The lowest BCUT2D eigenvalue weighted by molar-refractivity contribution is -0.118. The third-order valence-corrected chi connectivity index (χ3v) is 2.89. The molecule has 13 heavy (non-hydrogen) atoms. The van der Waals surface area contributed by atoms with E-state index in [1.807, 2.05) is 0 Å². The maximum absolute atomic E-state index is 11.1. The average molecular weight is 183 g/mol. The van der Waals surface area contributed by atoms with Crippen LogP contribution in [-0.4, -0.2) is 17.9 Å². The molecule has 2 heteroatoms. The van der Waals surface area contributed by atoms with Crippen molar-refractivity contribution in [2.75, 3.05) is 0 Å². The van der Waals surface area contributed by atoms with Gasteiger partial charge in [-0.2, -0.15) is 0 Å². The SMILES string of the molecule is CCCCCC1CCC(C(C)=O)N1. The van der Waals surface area contributed by atoms with E-state index in [4.69, 9.17) is 0 Å². The summed E-state index contributed by atoms with van der Waals surface area (Å²) in [6.45, 7) is 3.91. The van der Waals surface area contributed by atoms with Gasteiger partial charge in [0.15, 0.2) is 0 Å². The number of Topliss-reactive ketones (excluding diaryl/α,β-unsaturated/α-hetero) is 1. The summed E-state index contributed by atoms with van der Waals surface area (Å²) in [5.41, 5.74) is 0. The van der Waals surface area contributed by atoms with Crippen molar-refractivity contribution in [3.63, 3.8) is 0 Å². The fraction of sp³-hybridized carbons (Fsp3) is 0.909. The summed E-state index contributed by atoms with van der Waals surface area (Å²) >= 11 is 0. The van der Waals surface area contributed by atoms with Gasteiger partial charge in [-0.05, 0) is 26.2 Å². The molecule has 0 saturated carbocycles. The van der Waals surface area contributed by atoms with Crippen LogP contribution >= 0.6 is 0 Å². The maximum Gasteiger partial charge on any atom is 0.146 e. The van der Waals surface area contributed by atoms with Crippen LogP contribution in [0.25, 0.3) is 0 Å². The first kappa shape index (κ1) is 10.7. The van der Waals surface area contributed by atoms with Gasteiger partial charge in [-0.25, -0.2) is 0 Å². The molecule has 0 amide bonds. The summed E-state index contributed by atoms with van der Waals surface area (Å²) in [6, 6.07) is 0.770. The second-order valence-corrected chi connectivity index (χ2v) is 4.10. The zero-order valence-corrected chi connectivity index (χ0v) is 8.81. The minimum absolute atomic E-state index is 0.159. The van der Waals surface area contributed by atoms with E-state index in [-0.39, 0.29) is 6.04 Å². The summed E-state index contributed by atoms with van der Waals surface area (Å²) in [4.78, 5) is 11.1. The highest BCUT2D eigenvalue weighted by molar-refractivity contribution is 5.81. The Labute approximate surface area is 81.1 Å². The second kappa shape index (κ2) is 5.38. The number of nitrogens with one attached hydrogen (secondary N) is 1. The predicted molar refractivity (Wildman–Crippen MR) is 54.8 cm³/mol. The second-order valence-electron chi connectivity index (χ2n) is 4.10. The monoisotopic (exact) mass is 183 g/mol. The van der Waals surface area contributed by atoms with Crippen molar-refractivity contribution in [3.8, 4) is 0 Å². The lowest BCUT2D eigenvalue weighted by atomic mass is 10.1. The van der Waals surface area contributed by atoms with Gasteiger partial charge in [-0.15, -0.1) is 0 Å². The third-order valence-electron chi connectivity index (χ3n) is 2.89. The standard InChI is InChI=1S/C11H21NO/c1-3-4-5-6-10-7-8-11(12-10)9(2)13/h10-12H,3-8H2,1-2H3. The Kier molecular flexibility index (Phi) is 4.43. The van der Waals surface area contributed by atoms with Gasteiger partial charge in [0.25, 0.3) is 0 Å². The van der Waals surface area contributed by atoms with Crippen molar-refractivity contribution < 1.29 is 4.79 Å². The first-order valence-corrected chi connectivity index (χ1v) is 5.50. The molecule has 0 radical (unpaired) electrons. The lowest BCUT2D eigenvalue weighted by Crippen LogP contribution is -2.34. The van der Waals surface area contributed by atoms with E-state index in [0.29, 0.717) is 11.8 Å². The van der Waals surface area contributed by atoms with Crippen LogP contribution in [0, 0.1) is 0 Å². The molecule has 1 aliphatic heterocycles. The van der Waals surface area contributed by atoms with Crippen molar-refractivity contribution in [1.82, 2.24) is 5.32 Å². The van der Waals surface area contributed by atoms with Crippen molar-refractivity contribution in [2.24, 2.45) is 0 Å². The Morgan fingerprint density at radius 3 is 2.69 bits per heavy atom. The molecular weight excluding hydrogens is 162 g/mol. The van der Waals surface area contributed by atoms with E-state index in [1.54, 1.807) is 6.92 Å². The molecule has 2 unspecified atom stereocenters. The van der Waals surface area contributed by atoms with Crippen LogP contribution in [0.15, 0.2) is 0 Å². The minimum atomic E-state index is 0.159. The van der Waals surface area contributed by atoms with Gasteiger partial charge >= 0.3 is 0 Å². The molecule has 2 atom stereocenters. The van der Waals surface area contributed by atoms with Crippen LogP contribution in [0.5, 0.6) is 0 Å². The van der Waals surface area contributed by atoms with Crippen LogP contribution in [-0.2, 0) is 4.79 Å². The van der Waals surface area contributed by atoms with Gasteiger partial charge in [0, 0.05) is 6.04 Å². The molecule has 1 N–H and O–H groups in total. The zero-order chi connectivity index (χ0) is 9.68. The summed E-state index contributed by atoms with van der Waals surface area (Å²) in [5.74, 6) is 0.304. The molecule has 0 aromatic rings. The van der Waals surface area contributed by atoms with Gasteiger partial charge in [0.2, 0.25) is 0 Å². The number of hydrogen-bond donors (Lipinski definition) is 1. The van der Waals surface area contributed by atoms with E-state index in [9.17, 15) is 4.79 Å². The summed E-state index contributed by atoms with van der Waals surface area (Å²) in [6.07, 6.45) is 7.39. The fourth-order valence-corrected chi connectivity index (χ4v) is 2.01. The molecule has 0 aromatic heterocycles.